The van der Waals surface area contributed by atoms with Crippen LogP contribution in [0.1, 0.15) is 40.2 Å². The predicted octanol–water partition coefficient (Wildman–Crippen LogP) is 4.81. The molecule has 3 rings (SSSR count). The molecule has 1 aliphatic carbocycles. The molecule has 1 aromatic carbocycles. The zero-order valence-electron chi connectivity index (χ0n) is 9.86. The standard InChI is InChI=1S/C15H13BrOS/c16-14-9-18-8-13(14)15(17)12-7-3-5-10-4-1-2-6-11(10)12/h1-2,4,6,8-9,12H,3,5,7H2. The zero-order valence-corrected chi connectivity index (χ0v) is 12.3. The Balaban J connectivity index is 2.00. The second kappa shape index (κ2) is 4.98. The van der Waals surface area contributed by atoms with E-state index in [-0.39, 0.29) is 11.7 Å². The molecule has 18 heavy (non-hydrogen) atoms. The molecule has 0 bridgehead atoms. The lowest BCUT2D eigenvalue weighted by Crippen LogP contribution is -2.18. The average Bonchev–Trinajstić information content (AvgIpc) is 2.83. The summed E-state index contributed by atoms with van der Waals surface area (Å²) in [7, 11) is 0. The molecule has 0 fully saturated rings. The van der Waals surface area contributed by atoms with Gasteiger partial charge in [0.05, 0.1) is 0 Å². The van der Waals surface area contributed by atoms with Crippen LogP contribution in [0.3, 0.4) is 0 Å². The second-order valence-electron chi connectivity index (χ2n) is 4.64. The summed E-state index contributed by atoms with van der Waals surface area (Å²) in [6, 6.07) is 8.36. The summed E-state index contributed by atoms with van der Waals surface area (Å²) in [5.74, 6) is 0.302. The number of Topliss-reactive ketones (excluding diaryl/α,β-unsaturated/α-hetero) is 1. The van der Waals surface area contributed by atoms with Crippen LogP contribution in [0.4, 0.5) is 0 Å². The van der Waals surface area contributed by atoms with E-state index in [4.69, 9.17) is 0 Å². The molecule has 3 heteroatoms. The van der Waals surface area contributed by atoms with E-state index in [1.807, 2.05) is 16.8 Å². The van der Waals surface area contributed by atoms with Gasteiger partial charge < -0.3 is 0 Å². The van der Waals surface area contributed by atoms with Crippen molar-refractivity contribution >= 4 is 33.0 Å². The van der Waals surface area contributed by atoms with E-state index >= 15 is 0 Å². The molecule has 0 spiro atoms. The number of hydrogen-bond acceptors (Lipinski definition) is 2. The first kappa shape index (κ1) is 12.1. The van der Waals surface area contributed by atoms with Crippen LogP contribution in [-0.2, 0) is 6.42 Å². The lowest BCUT2D eigenvalue weighted by atomic mass is 9.79. The van der Waals surface area contributed by atoms with Gasteiger partial charge in [0.25, 0.3) is 0 Å². The maximum Gasteiger partial charge on any atom is 0.172 e. The fourth-order valence-corrected chi connectivity index (χ4v) is 4.15. The number of carbonyl (C=O) groups excluding carboxylic acids is 1. The molecular formula is C15H13BrOS. The van der Waals surface area contributed by atoms with E-state index in [1.54, 1.807) is 11.3 Å². The van der Waals surface area contributed by atoms with Crippen LogP contribution in [0, 0.1) is 0 Å². The largest absolute Gasteiger partial charge is 0.293 e. The van der Waals surface area contributed by atoms with Crippen LogP contribution in [0.5, 0.6) is 0 Å². The minimum atomic E-state index is 0.0425. The van der Waals surface area contributed by atoms with E-state index in [0.717, 1.165) is 29.3 Å². The molecule has 0 radical (unpaired) electrons. The van der Waals surface area contributed by atoms with Crippen molar-refractivity contribution in [1.82, 2.24) is 0 Å². The Morgan fingerprint density at radius 3 is 2.89 bits per heavy atom. The molecule has 1 aromatic heterocycles. The number of fused-ring (bicyclic) bond motifs is 1. The smallest absolute Gasteiger partial charge is 0.172 e. The second-order valence-corrected chi connectivity index (χ2v) is 6.24. The van der Waals surface area contributed by atoms with Crippen molar-refractivity contribution in [3.05, 3.63) is 56.2 Å². The predicted molar refractivity (Wildman–Crippen MR) is 78.5 cm³/mol. The fourth-order valence-electron chi connectivity index (χ4n) is 2.67. The summed E-state index contributed by atoms with van der Waals surface area (Å²) < 4.78 is 0.931. The van der Waals surface area contributed by atoms with Crippen molar-refractivity contribution in [2.45, 2.75) is 25.2 Å². The number of benzene rings is 1. The van der Waals surface area contributed by atoms with Gasteiger partial charge in [-0.25, -0.2) is 0 Å². The fraction of sp³-hybridized carbons (Fsp3) is 0.267. The average molecular weight is 321 g/mol. The van der Waals surface area contributed by atoms with Crippen LogP contribution < -0.4 is 0 Å². The van der Waals surface area contributed by atoms with E-state index in [2.05, 4.69) is 34.1 Å². The van der Waals surface area contributed by atoms with Crippen molar-refractivity contribution in [3.63, 3.8) is 0 Å². The van der Waals surface area contributed by atoms with Crippen molar-refractivity contribution in [1.29, 1.82) is 0 Å². The first-order valence-electron chi connectivity index (χ1n) is 6.11. The Morgan fingerprint density at radius 2 is 2.11 bits per heavy atom. The highest BCUT2D eigenvalue weighted by molar-refractivity contribution is 9.10. The van der Waals surface area contributed by atoms with Crippen LogP contribution in [0.15, 0.2) is 39.5 Å². The third-order valence-electron chi connectivity index (χ3n) is 3.57. The van der Waals surface area contributed by atoms with Crippen LogP contribution >= 0.6 is 27.3 Å². The van der Waals surface area contributed by atoms with Gasteiger partial charge >= 0.3 is 0 Å². The molecule has 0 N–H and O–H groups in total. The third-order valence-corrected chi connectivity index (χ3v) is 5.27. The Hall–Kier alpha value is -0.930. The minimum absolute atomic E-state index is 0.0425. The Bertz CT molecular complexity index is 588. The number of halogens is 1. The first-order chi connectivity index (χ1) is 8.77. The Morgan fingerprint density at radius 1 is 1.28 bits per heavy atom. The molecule has 1 heterocycles. The summed E-state index contributed by atoms with van der Waals surface area (Å²) in [5, 5.41) is 3.92. The van der Waals surface area contributed by atoms with Crippen LogP contribution in [0.25, 0.3) is 0 Å². The molecule has 0 aliphatic heterocycles. The summed E-state index contributed by atoms with van der Waals surface area (Å²) in [5.41, 5.74) is 3.40. The summed E-state index contributed by atoms with van der Waals surface area (Å²) in [4.78, 5) is 12.6. The summed E-state index contributed by atoms with van der Waals surface area (Å²) in [6.07, 6.45) is 3.18. The number of hydrogen-bond donors (Lipinski definition) is 0. The molecular weight excluding hydrogens is 308 g/mol. The van der Waals surface area contributed by atoms with Gasteiger partial charge in [-0.05, 0) is 46.3 Å². The third kappa shape index (κ3) is 2.06. The molecule has 0 saturated carbocycles. The molecule has 1 nitrogen and oxygen atoms in total. The van der Waals surface area contributed by atoms with Crippen molar-refractivity contribution in [2.24, 2.45) is 0 Å². The molecule has 0 saturated heterocycles. The highest BCUT2D eigenvalue weighted by atomic mass is 79.9. The number of rotatable bonds is 2. The summed E-state index contributed by atoms with van der Waals surface area (Å²) >= 11 is 5.04. The first-order valence-corrected chi connectivity index (χ1v) is 7.84. The van der Waals surface area contributed by atoms with Crippen molar-refractivity contribution in [2.75, 3.05) is 0 Å². The van der Waals surface area contributed by atoms with E-state index in [1.165, 1.54) is 11.1 Å². The quantitative estimate of drug-likeness (QED) is 0.725. The summed E-state index contributed by atoms with van der Waals surface area (Å²) in [6.45, 7) is 0. The van der Waals surface area contributed by atoms with Gasteiger partial charge in [-0.3, -0.25) is 4.79 Å². The van der Waals surface area contributed by atoms with Crippen LogP contribution in [0.2, 0.25) is 0 Å². The molecule has 1 atom stereocenters. The van der Waals surface area contributed by atoms with Gasteiger partial charge in [-0.2, -0.15) is 11.3 Å². The zero-order chi connectivity index (χ0) is 12.5. The van der Waals surface area contributed by atoms with Gasteiger partial charge in [0, 0.05) is 26.7 Å². The normalized spacial score (nSPS) is 18.4. The molecule has 92 valence electrons. The van der Waals surface area contributed by atoms with E-state index in [9.17, 15) is 4.79 Å². The Kier molecular flexibility index (Phi) is 3.35. The number of carbonyl (C=O) groups is 1. The molecule has 1 aliphatic rings. The van der Waals surface area contributed by atoms with Gasteiger partial charge in [0.1, 0.15) is 0 Å². The monoisotopic (exact) mass is 320 g/mol. The van der Waals surface area contributed by atoms with Gasteiger partial charge in [-0.1, -0.05) is 24.3 Å². The lowest BCUT2D eigenvalue weighted by Gasteiger charge is -2.24. The highest BCUT2D eigenvalue weighted by Gasteiger charge is 2.28. The maximum atomic E-state index is 12.6. The van der Waals surface area contributed by atoms with Crippen molar-refractivity contribution in [3.8, 4) is 0 Å². The van der Waals surface area contributed by atoms with Crippen LogP contribution in [-0.4, -0.2) is 5.78 Å². The number of thiophene rings is 1. The van der Waals surface area contributed by atoms with Gasteiger partial charge in [0.2, 0.25) is 0 Å². The van der Waals surface area contributed by atoms with E-state index in [0.29, 0.717) is 0 Å². The molecule has 0 amide bonds. The number of aryl methyl sites for hydroxylation is 1. The maximum absolute atomic E-state index is 12.6. The SMILES string of the molecule is O=C(c1cscc1Br)C1CCCc2ccccc21. The molecule has 2 aromatic rings. The van der Waals surface area contributed by atoms with Crippen molar-refractivity contribution < 1.29 is 4.79 Å². The lowest BCUT2D eigenvalue weighted by molar-refractivity contribution is 0.0950. The topological polar surface area (TPSA) is 17.1 Å². The number of ketones is 1. The van der Waals surface area contributed by atoms with E-state index < -0.39 is 0 Å². The Labute approximate surface area is 119 Å². The van der Waals surface area contributed by atoms with Gasteiger partial charge in [0.15, 0.2) is 5.78 Å². The highest BCUT2D eigenvalue weighted by Crippen LogP contribution is 2.36. The minimum Gasteiger partial charge on any atom is -0.293 e. The molecule has 1 unspecified atom stereocenters. The van der Waals surface area contributed by atoms with Gasteiger partial charge in [-0.15, -0.1) is 0 Å².